The Labute approximate surface area is 143 Å². The summed E-state index contributed by atoms with van der Waals surface area (Å²) in [5.41, 5.74) is 2.17. The van der Waals surface area contributed by atoms with Crippen LogP contribution in [-0.2, 0) is 5.60 Å². The van der Waals surface area contributed by atoms with Gasteiger partial charge in [0.1, 0.15) is 17.5 Å². The molecule has 128 valence electrons. The predicted octanol–water partition coefficient (Wildman–Crippen LogP) is 3.19. The Hall–Kier alpha value is -2.04. The molecule has 0 spiro atoms. The molecule has 0 radical (unpaired) electrons. The highest BCUT2D eigenvalue weighted by Gasteiger charge is 2.51. The number of allylic oxidation sites excluding steroid dienone is 4. The van der Waals surface area contributed by atoms with Crippen molar-refractivity contribution in [2.45, 2.75) is 38.0 Å². The van der Waals surface area contributed by atoms with Crippen LogP contribution in [0.4, 0.5) is 5.69 Å². The molecule has 0 saturated carbocycles. The highest BCUT2D eigenvalue weighted by molar-refractivity contribution is 5.66. The van der Waals surface area contributed by atoms with Gasteiger partial charge in [-0.15, -0.1) is 0 Å². The largest absolute Gasteiger partial charge is 0.508 e. The molecule has 0 amide bonds. The zero-order valence-corrected chi connectivity index (χ0v) is 14.2. The number of hydrogen-bond donors (Lipinski definition) is 3. The summed E-state index contributed by atoms with van der Waals surface area (Å²) >= 11 is 0. The molecule has 2 unspecified atom stereocenters. The maximum Gasteiger partial charge on any atom is 0.125 e. The number of benzene rings is 1. The Bertz CT molecular complexity index is 680. The van der Waals surface area contributed by atoms with E-state index in [0.717, 1.165) is 37.2 Å². The minimum absolute atomic E-state index is 0.151. The maximum atomic E-state index is 11.3. The number of phenolic OH excluding ortho intramolecular Hbond substituents is 1. The first-order valence-electron chi connectivity index (χ1n) is 8.57. The zero-order valence-electron chi connectivity index (χ0n) is 14.2. The summed E-state index contributed by atoms with van der Waals surface area (Å²) in [4.78, 5) is 2.23. The molecule has 1 fully saturated rings. The predicted molar refractivity (Wildman–Crippen MR) is 98.1 cm³/mol. The Morgan fingerprint density at radius 1 is 1.50 bits per heavy atom. The molecule has 3 N–H and O–H groups in total. The number of nitrogens with zero attached hydrogens (tertiary/aromatic N) is 1. The molecule has 0 aromatic heterocycles. The first-order valence-corrected chi connectivity index (χ1v) is 8.57. The Morgan fingerprint density at radius 3 is 3.08 bits per heavy atom. The first-order chi connectivity index (χ1) is 11.6. The second-order valence-electron chi connectivity index (χ2n) is 6.53. The number of anilines is 1. The van der Waals surface area contributed by atoms with Gasteiger partial charge in [0.25, 0.3) is 0 Å². The van der Waals surface area contributed by atoms with E-state index < -0.39 is 5.60 Å². The maximum absolute atomic E-state index is 11.3. The molecule has 3 rings (SSSR count). The zero-order chi connectivity index (χ0) is 17.2. The lowest BCUT2D eigenvalue weighted by Crippen LogP contribution is -2.57. The Morgan fingerprint density at radius 2 is 2.33 bits per heavy atom. The van der Waals surface area contributed by atoms with E-state index in [0.29, 0.717) is 6.42 Å². The van der Waals surface area contributed by atoms with E-state index in [1.165, 1.54) is 5.57 Å². The van der Waals surface area contributed by atoms with Crippen LogP contribution in [0.15, 0.2) is 54.7 Å². The lowest BCUT2D eigenvalue weighted by atomic mass is 9.86. The van der Waals surface area contributed by atoms with Gasteiger partial charge >= 0.3 is 0 Å². The smallest absolute Gasteiger partial charge is 0.125 e. The fourth-order valence-electron chi connectivity index (χ4n) is 3.80. The lowest BCUT2D eigenvalue weighted by Gasteiger charge is -2.40. The molecular formula is C20H26N2O2. The normalized spacial score (nSPS) is 26.5. The van der Waals surface area contributed by atoms with Gasteiger partial charge in [0, 0.05) is 17.8 Å². The summed E-state index contributed by atoms with van der Waals surface area (Å²) in [6.07, 6.45) is 10.3. The molecule has 0 aliphatic carbocycles. The van der Waals surface area contributed by atoms with E-state index in [2.05, 4.69) is 28.9 Å². The summed E-state index contributed by atoms with van der Waals surface area (Å²) in [5, 5.41) is 24.6. The number of rotatable bonds is 5. The molecule has 24 heavy (non-hydrogen) atoms. The fourth-order valence-corrected chi connectivity index (χ4v) is 3.80. The van der Waals surface area contributed by atoms with Crippen LogP contribution in [0.1, 0.15) is 31.7 Å². The highest BCUT2D eigenvalue weighted by atomic mass is 16.3. The van der Waals surface area contributed by atoms with Crippen molar-refractivity contribution in [3.8, 4) is 5.75 Å². The van der Waals surface area contributed by atoms with Crippen LogP contribution in [0.2, 0.25) is 0 Å². The van der Waals surface area contributed by atoms with E-state index in [4.69, 9.17) is 0 Å². The monoisotopic (exact) mass is 326 g/mol. The van der Waals surface area contributed by atoms with Crippen molar-refractivity contribution in [1.29, 1.82) is 0 Å². The third-order valence-corrected chi connectivity index (χ3v) is 5.03. The van der Waals surface area contributed by atoms with E-state index in [1.807, 2.05) is 19.1 Å². The molecule has 1 aromatic rings. The fraction of sp³-hybridized carbons (Fsp3) is 0.400. The molecule has 4 nitrogen and oxygen atoms in total. The van der Waals surface area contributed by atoms with Gasteiger partial charge in [-0.05, 0) is 50.9 Å². The van der Waals surface area contributed by atoms with Crippen molar-refractivity contribution >= 4 is 5.69 Å². The van der Waals surface area contributed by atoms with Crippen LogP contribution < -0.4 is 10.2 Å². The lowest BCUT2D eigenvalue weighted by molar-refractivity contribution is -0.0182. The third-order valence-electron chi connectivity index (χ3n) is 5.03. The quantitative estimate of drug-likeness (QED) is 0.574. The summed E-state index contributed by atoms with van der Waals surface area (Å²) in [5.74, 6) is 0.202. The minimum atomic E-state index is -0.942. The second kappa shape index (κ2) is 6.83. The van der Waals surface area contributed by atoms with Crippen molar-refractivity contribution in [1.82, 2.24) is 5.32 Å². The van der Waals surface area contributed by atoms with Crippen LogP contribution in [0, 0.1) is 0 Å². The summed E-state index contributed by atoms with van der Waals surface area (Å²) < 4.78 is 0. The molecule has 4 heteroatoms. The van der Waals surface area contributed by atoms with Gasteiger partial charge in [-0.1, -0.05) is 36.5 Å². The number of phenols is 1. The van der Waals surface area contributed by atoms with Crippen LogP contribution >= 0.6 is 0 Å². The van der Waals surface area contributed by atoms with Crippen LogP contribution in [0.3, 0.4) is 0 Å². The van der Waals surface area contributed by atoms with Crippen molar-refractivity contribution < 1.29 is 10.2 Å². The highest BCUT2D eigenvalue weighted by Crippen LogP contribution is 2.48. The standard InChI is InChI=1S/C20H26N2O2/c1-3-5-6-8-15(4-2)14-22-18-10-9-16(23)13-17(18)20(24)11-7-12-21-19(20)22/h3-6,9-10,13,19,21,23-24H,1,7-8,11-12,14H2,2H3/b6-5-,15-4+. The summed E-state index contributed by atoms with van der Waals surface area (Å²) in [6.45, 7) is 7.39. The number of aromatic hydroxyl groups is 1. The average Bonchev–Trinajstić information content (AvgIpc) is 2.82. The van der Waals surface area contributed by atoms with Crippen molar-refractivity contribution in [3.63, 3.8) is 0 Å². The first kappa shape index (κ1) is 16.8. The van der Waals surface area contributed by atoms with Gasteiger partial charge in [0.05, 0.1) is 0 Å². The van der Waals surface area contributed by atoms with Gasteiger partial charge < -0.3 is 15.1 Å². The molecule has 1 saturated heterocycles. The second-order valence-corrected chi connectivity index (χ2v) is 6.53. The number of aliphatic hydroxyl groups is 1. The van der Waals surface area contributed by atoms with Crippen molar-refractivity contribution in [2.24, 2.45) is 0 Å². The Balaban J connectivity index is 1.92. The van der Waals surface area contributed by atoms with Crippen LogP contribution in [-0.4, -0.2) is 29.5 Å². The van der Waals surface area contributed by atoms with Gasteiger partial charge in [-0.25, -0.2) is 0 Å². The van der Waals surface area contributed by atoms with Crippen LogP contribution in [0.25, 0.3) is 0 Å². The number of hydrogen-bond acceptors (Lipinski definition) is 4. The van der Waals surface area contributed by atoms with E-state index >= 15 is 0 Å². The number of fused-ring (bicyclic) bond motifs is 3. The third kappa shape index (κ3) is 2.87. The van der Waals surface area contributed by atoms with Gasteiger partial charge in [0.2, 0.25) is 0 Å². The molecular weight excluding hydrogens is 300 g/mol. The summed E-state index contributed by atoms with van der Waals surface area (Å²) in [6, 6.07) is 5.32. The minimum Gasteiger partial charge on any atom is -0.508 e. The SMILES string of the molecule is C=C/C=C\C/C(=C\C)CN1c2ccc(O)cc2C2(O)CCCNC12. The molecule has 0 bridgehead atoms. The summed E-state index contributed by atoms with van der Waals surface area (Å²) in [7, 11) is 0. The molecule has 2 aliphatic rings. The average molecular weight is 326 g/mol. The van der Waals surface area contributed by atoms with Gasteiger partial charge in [-0.2, -0.15) is 0 Å². The number of nitrogens with one attached hydrogen (secondary N) is 1. The van der Waals surface area contributed by atoms with Gasteiger partial charge in [-0.3, -0.25) is 5.32 Å². The molecule has 2 aliphatic heterocycles. The molecule has 2 atom stereocenters. The van der Waals surface area contributed by atoms with E-state index in [9.17, 15) is 10.2 Å². The van der Waals surface area contributed by atoms with E-state index in [1.54, 1.807) is 18.2 Å². The van der Waals surface area contributed by atoms with Crippen molar-refractivity contribution in [3.05, 3.63) is 60.2 Å². The molecule has 2 heterocycles. The van der Waals surface area contributed by atoms with Crippen molar-refractivity contribution in [2.75, 3.05) is 18.0 Å². The topological polar surface area (TPSA) is 55.7 Å². The Kier molecular flexibility index (Phi) is 4.78. The molecule has 1 aromatic carbocycles. The van der Waals surface area contributed by atoms with Gasteiger partial charge in [0.15, 0.2) is 0 Å². The number of piperidine rings is 1. The van der Waals surface area contributed by atoms with Crippen LogP contribution in [0.5, 0.6) is 5.75 Å². The van der Waals surface area contributed by atoms with E-state index in [-0.39, 0.29) is 11.9 Å².